The monoisotopic (exact) mass is 287 g/mol. The normalized spacial score (nSPS) is 13.2. The van der Waals surface area contributed by atoms with Gasteiger partial charge in [0.1, 0.15) is 0 Å². The Morgan fingerprint density at radius 2 is 1.55 bits per heavy atom. The molecule has 0 fully saturated rings. The molecule has 1 atom stereocenters. The molecular formula is C17H21NOS. The van der Waals surface area contributed by atoms with Crippen LogP contribution in [0, 0.1) is 0 Å². The molecule has 0 spiro atoms. The predicted octanol–water partition coefficient (Wildman–Crippen LogP) is 3.80. The third kappa shape index (κ3) is 4.10. The fraction of sp³-hybridized carbons (Fsp3) is 0.294. The first-order valence-corrected chi connectivity index (χ1v) is 7.91. The van der Waals surface area contributed by atoms with Crippen LogP contribution in [0.15, 0.2) is 59.5 Å². The second-order valence-electron chi connectivity index (χ2n) is 5.85. The summed E-state index contributed by atoms with van der Waals surface area (Å²) in [6.07, 6.45) is 0. The lowest BCUT2D eigenvalue weighted by molar-refractivity contribution is 0.579. The van der Waals surface area contributed by atoms with Gasteiger partial charge in [-0.3, -0.25) is 0 Å². The molecule has 1 N–H and O–H groups in total. The molecule has 106 valence electrons. The highest BCUT2D eigenvalue weighted by Crippen LogP contribution is 2.22. The van der Waals surface area contributed by atoms with E-state index in [1.54, 1.807) is 0 Å². The van der Waals surface area contributed by atoms with Crippen molar-refractivity contribution >= 4 is 11.4 Å². The molecule has 0 amide bonds. The highest BCUT2D eigenvalue weighted by Gasteiger charge is 2.13. The van der Waals surface area contributed by atoms with Crippen LogP contribution < -0.4 is 4.72 Å². The predicted molar refractivity (Wildman–Crippen MR) is 84.8 cm³/mol. The van der Waals surface area contributed by atoms with E-state index in [2.05, 4.69) is 49.8 Å². The van der Waals surface area contributed by atoms with Gasteiger partial charge in [-0.2, -0.15) is 0 Å². The number of nitrogens with one attached hydrogen (secondary N) is 1. The second kappa shape index (κ2) is 6.44. The van der Waals surface area contributed by atoms with E-state index >= 15 is 0 Å². The van der Waals surface area contributed by atoms with Crippen LogP contribution in [0.5, 0.6) is 0 Å². The van der Waals surface area contributed by atoms with E-state index in [0.29, 0.717) is 6.54 Å². The largest absolute Gasteiger partial charge is 0.593 e. The fourth-order valence-electron chi connectivity index (χ4n) is 1.90. The minimum atomic E-state index is -1.16. The summed E-state index contributed by atoms with van der Waals surface area (Å²) < 4.78 is 15.1. The zero-order valence-electron chi connectivity index (χ0n) is 12.2. The topological polar surface area (TPSA) is 35.1 Å². The van der Waals surface area contributed by atoms with Crippen molar-refractivity contribution in [2.45, 2.75) is 37.6 Å². The number of rotatable bonds is 4. The Kier molecular flexibility index (Phi) is 4.86. The Balaban J connectivity index is 1.94. The molecule has 0 bridgehead atoms. The summed E-state index contributed by atoms with van der Waals surface area (Å²) in [5, 5.41) is 0. The molecule has 0 aliphatic heterocycles. The van der Waals surface area contributed by atoms with Crippen LogP contribution in [0.2, 0.25) is 0 Å². The molecule has 0 aliphatic carbocycles. The molecule has 2 aromatic carbocycles. The van der Waals surface area contributed by atoms with Gasteiger partial charge in [0.25, 0.3) is 0 Å². The summed E-state index contributed by atoms with van der Waals surface area (Å²) in [6, 6.07) is 17.9. The maximum atomic E-state index is 12.0. The summed E-state index contributed by atoms with van der Waals surface area (Å²) in [5.74, 6) is 0. The lowest BCUT2D eigenvalue weighted by atomic mass is 9.87. The zero-order chi connectivity index (χ0) is 14.6. The molecule has 0 radical (unpaired) electrons. The Hall–Kier alpha value is -1.29. The van der Waals surface area contributed by atoms with Gasteiger partial charge in [-0.1, -0.05) is 63.2 Å². The average molecular weight is 287 g/mol. The highest BCUT2D eigenvalue weighted by molar-refractivity contribution is 7.89. The first-order valence-electron chi connectivity index (χ1n) is 6.76. The van der Waals surface area contributed by atoms with E-state index in [1.807, 2.05) is 30.3 Å². The molecular weight excluding hydrogens is 266 g/mol. The van der Waals surface area contributed by atoms with E-state index in [4.69, 9.17) is 0 Å². The quantitative estimate of drug-likeness (QED) is 0.868. The van der Waals surface area contributed by atoms with Crippen molar-refractivity contribution < 1.29 is 4.55 Å². The van der Waals surface area contributed by atoms with Crippen molar-refractivity contribution in [3.8, 4) is 0 Å². The summed E-state index contributed by atoms with van der Waals surface area (Å²) in [5.41, 5.74) is 2.62. The third-order valence-corrected chi connectivity index (χ3v) is 4.29. The van der Waals surface area contributed by atoms with Crippen LogP contribution >= 0.6 is 0 Å². The Morgan fingerprint density at radius 1 is 0.950 bits per heavy atom. The third-order valence-electron chi connectivity index (χ3n) is 3.18. The minimum Gasteiger partial charge on any atom is -0.593 e. The van der Waals surface area contributed by atoms with Gasteiger partial charge in [0, 0.05) is 0 Å². The van der Waals surface area contributed by atoms with Crippen LogP contribution in [0.3, 0.4) is 0 Å². The summed E-state index contributed by atoms with van der Waals surface area (Å²) in [4.78, 5) is 0.804. The van der Waals surface area contributed by atoms with Crippen LogP contribution in [0.4, 0.5) is 0 Å². The van der Waals surface area contributed by atoms with Crippen LogP contribution in [0.25, 0.3) is 0 Å². The van der Waals surface area contributed by atoms with Gasteiger partial charge < -0.3 is 4.55 Å². The summed E-state index contributed by atoms with van der Waals surface area (Å²) >= 11 is -1.16. The van der Waals surface area contributed by atoms with E-state index in [0.717, 1.165) is 10.5 Å². The lowest BCUT2D eigenvalue weighted by Gasteiger charge is -2.19. The Morgan fingerprint density at radius 3 is 2.10 bits per heavy atom. The standard InChI is InChI=1S/C17H21NOS/c1-17(2,3)15-11-9-14(10-12-15)13-18-20(19)16-7-5-4-6-8-16/h4-12,18H,13H2,1-3H3. The van der Waals surface area contributed by atoms with E-state index in [9.17, 15) is 4.55 Å². The van der Waals surface area contributed by atoms with Crippen LogP contribution in [-0.4, -0.2) is 4.55 Å². The molecule has 3 heteroatoms. The molecule has 20 heavy (non-hydrogen) atoms. The molecule has 1 unspecified atom stereocenters. The van der Waals surface area contributed by atoms with E-state index in [1.165, 1.54) is 5.56 Å². The first kappa shape index (κ1) is 15.1. The molecule has 0 heterocycles. The molecule has 2 aromatic rings. The zero-order valence-corrected chi connectivity index (χ0v) is 13.0. The van der Waals surface area contributed by atoms with Gasteiger partial charge in [0.2, 0.25) is 0 Å². The van der Waals surface area contributed by atoms with Gasteiger partial charge in [-0.05, 0) is 28.7 Å². The summed E-state index contributed by atoms with van der Waals surface area (Å²) in [6.45, 7) is 7.20. The smallest absolute Gasteiger partial charge is 0.173 e. The molecule has 0 aromatic heterocycles. The van der Waals surface area contributed by atoms with E-state index < -0.39 is 11.4 Å². The maximum Gasteiger partial charge on any atom is 0.173 e. The van der Waals surface area contributed by atoms with Gasteiger partial charge in [-0.15, -0.1) is 4.72 Å². The Bertz CT molecular complexity index is 531. The van der Waals surface area contributed by atoms with Crippen molar-refractivity contribution in [3.05, 3.63) is 65.7 Å². The van der Waals surface area contributed by atoms with Gasteiger partial charge in [0.15, 0.2) is 4.90 Å². The average Bonchev–Trinajstić information content (AvgIpc) is 2.45. The van der Waals surface area contributed by atoms with Crippen molar-refractivity contribution in [2.24, 2.45) is 0 Å². The molecule has 0 saturated carbocycles. The molecule has 0 aliphatic rings. The number of hydrogen-bond acceptors (Lipinski definition) is 2. The summed E-state index contributed by atoms with van der Waals surface area (Å²) in [7, 11) is 0. The lowest BCUT2D eigenvalue weighted by Crippen LogP contribution is -2.23. The highest BCUT2D eigenvalue weighted by atomic mass is 32.2. The number of hydrogen-bond donors (Lipinski definition) is 1. The van der Waals surface area contributed by atoms with Gasteiger partial charge in [-0.25, -0.2) is 0 Å². The van der Waals surface area contributed by atoms with Crippen molar-refractivity contribution in [2.75, 3.05) is 0 Å². The SMILES string of the molecule is CC(C)(C)c1ccc(CN[S+]([O-])c2ccccc2)cc1. The molecule has 2 rings (SSSR count). The van der Waals surface area contributed by atoms with Crippen molar-refractivity contribution in [1.82, 2.24) is 4.72 Å². The Labute approximate surface area is 124 Å². The molecule has 0 saturated heterocycles. The fourth-order valence-corrected chi connectivity index (χ4v) is 2.77. The molecule has 2 nitrogen and oxygen atoms in total. The second-order valence-corrected chi connectivity index (χ2v) is 7.15. The van der Waals surface area contributed by atoms with Crippen molar-refractivity contribution in [3.63, 3.8) is 0 Å². The van der Waals surface area contributed by atoms with Crippen LogP contribution in [0.1, 0.15) is 31.9 Å². The maximum absolute atomic E-state index is 12.0. The minimum absolute atomic E-state index is 0.165. The van der Waals surface area contributed by atoms with Gasteiger partial charge >= 0.3 is 0 Å². The van der Waals surface area contributed by atoms with Crippen molar-refractivity contribution in [1.29, 1.82) is 0 Å². The van der Waals surface area contributed by atoms with Crippen LogP contribution in [-0.2, 0) is 23.3 Å². The first-order chi connectivity index (χ1) is 9.47. The van der Waals surface area contributed by atoms with Gasteiger partial charge in [0.05, 0.1) is 17.9 Å². The van der Waals surface area contributed by atoms with E-state index in [-0.39, 0.29) is 5.41 Å². The number of benzene rings is 2.